The Balaban J connectivity index is 2.39. The van der Waals surface area contributed by atoms with Crippen LogP contribution in [0.15, 0.2) is 21.4 Å². The number of rotatable bonds is 0. The lowest BCUT2D eigenvalue weighted by Crippen LogP contribution is -2.30. The Morgan fingerprint density at radius 1 is 1.47 bits per heavy atom. The number of hydrogen-bond donors (Lipinski definition) is 2. The molecule has 0 aromatic rings. The van der Waals surface area contributed by atoms with E-state index in [-0.39, 0.29) is 17.2 Å². The number of allylic oxidation sites excluding steroid dienone is 2. The topological polar surface area (TPSA) is 79.8 Å². The second-order valence-electron chi connectivity index (χ2n) is 4.67. The molecule has 5 heteroatoms. The Kier molecular flexibility index (Phi) is 2.10. The van der Waals surface area contributed by atoms with Gasteiger partial charge >= 0.3 is 0 Å². The van der Waals surface area contributed by atoms with Gasteiger partial charge in [-0.05, 0) is 11.8 Å². The highest BCUT2D eigenvalue weighted by Crippen LogP contribution is 2.35. The lowest BCUT2D eigenvalue weighted by atomic mass is 9.76. The zero-order valence-electron chi connectivity index (χ0n) is 8.87. The molecule has 0 saturated heterocycles. The largest absolute Gasteiger partial charge is 0.367 e. The standard InChI is InChI=1S/C10H14N4O/c1-10(2)3-7-6(8(15)4-10)5-12-9(11)14-13-7/h5,13H,3-4H2,1-2H3,(H2,11,14). The van der Waals surface area contributed by atoms with Crippen LogP contribution < -0.4 is 11.2 Å². The van der Waals surface area contributed by atoms with Crippen molar-refractivity contribution in [2.45, 2.75) is 26.7 Å². The summed E-state index contributed by atoms with van der Waals surface area (Å²) >= 11 is 0. The summed E-state index contributed by atoms with van der Waals surface area (Å²) in [5.74, 6) is 0.248. The van der Waals surface area contributed by atoms with Crippen molar-refractivity contribution < 1.29 is 4.79 Å². The summed E-state index contributed by atoms with van der Waals surface area (Å²) in [4.78, 5) is 15.7. The molecule has 80 valence electrons. The van der Waals surface area contributed by atoms with Crippen LogP contribution >= 0.6 is 0 Å². The Morgan fingerprint density at radius 2 is 2.20 bits per heavy atom. The summed E-state index contributed by atoms with van der Waals surface area (Å²) in [5, 5.41) is 3.84. The van der Waals surface area contributed by atoms with Gasteiger partial charge in [-0.25, -0.2) is 4.99 Å². The van der Waals surface area contributed by atoms with E-state index in [0.29, 0.717) is 12.0 Å². The first-order valence-electron chi connectivity index (χ1n) is 4.87. The third-order valence-corrected chi connectivity index (χ3v) is 2.55. The first-order valence-corrected chi connectivity index (χ1v) is 4.87. The number of nitrogens with one attached hydrogen (secondary N) is 1. The van der Waals surface area contributed by atoms with Crippen LogP contribution in [-0.4, -0.2) is 18.0 Å². The van der Waals surface area contributed by atoms with E-state index in [0.717, 1.165) is 12.1 Å². The Morgan fingerprint density at radius 3 is 2.93 bits per heavy atom. The molecule has 1 heterocycles. The highest BCUT2D eigenvalue weighted by Gasteiger charge is 2.32. The van der Waals surface area contributed by atoms with Crippen LogP contribution in [0.1, 0.15) is 26.7 Å². The van der Waals surface area contributed by atoms with Crippen LogP contribution in [0, 0.1) is 5.41 Å². The van der Waals surface area contributed by atoms with Gasteiger partial charge in [-0.1, -0.05) is 13.8 Å². The van der Waals surface area contributed by atoms with Crippen molar-refractivity contribution in [3.05, 3.63) is 11.3 Å². The lowest BCUT2D eigenvalue weighted by Gasteiger charge is -2.30. The quantitative estimate of drug-likeness (QED) is 0.606. The van der Waals surface area contributed by atoms with Crippen LogP contribution in [0.4, 0.5) is 0 Å². The molecule has 0 spiro atoms. The second-order valence-corrected chi connectivity index (χ2v) is 4.67. The predicted molar refractivity (Wildman–Crippen MR) is 58.3 cm³/mol. The van der Waals surface area contributed by atoms with Crippen LogP contribution in [-0.2, 0) is 4.79 Å². The molecule has 0 aromatic heterocycles. The van der Waals surface area contributed by atoms with Gasteiger partial charge in [-0.15, -0.1) is 5.10 Å². The molecule has 0 saturated carbocycles. The minimum Gasteiger partial charge on any atom is -0.367 e. The number of Topliss-reactive ketones (excluding diaryl/α,β-unsaturated/α-hetero) is 1. The molecule has 0 fully saturated rings. The molecule has 15 heavy (non-hydrogen) atoms. The van der Waals surface area contributed by atoms with E-state index in [9.17, 15) is 4.79 Å². The number of carbonyl (C=O) groups excluding carboxylic acids is 1. The molecule has 1 aliphatic heterocycles. The third-order valence-electron chi connectivity index (χ3n) is 2.55. The maximum Gasteiger partial charge on any atom is 0.237 e. The summed E-state index contributed by atoms with van der Waals surface area (Å²) < 4.78 is 0. The van der Waals surface area contributed by atoms with Crippen molar-refractivity contribution in [2.75, 3.05) is 0 Å². The van der Waals surface area contributed by atoms with Gasteiger partial charge in [-0.3, -0.25) is 10.2 Å². The van der Waals surface area contributed by atoms with Crippen molar-refractivity contribution in [2.24, 2.45) is 21.2 Å². The van der Waals surface area contributed by atoms with Crippen LogP contribution in [0.3, 0.4) is 0 Å². The second kappa shape index (κ2) is 3.18. The van der Waals surface area contributed by atoms with Crippen molar-refractivity contribution in [3.63, 3.8) is 0 Å². The Labute approximate surface area is 88.1 Å². The van der Waals surface area contributed by atoms with Gasteiger partial charge in [0.05, 0.1) is 5.57 Å². The van der Waals surface area contributed by atoms with E-state index >= 15 is 0 Å². The van der Waals surface area contributed by atoms with Crippen molar-refractivity contribution in [1.82, 2.24) is 5.43 Å². The Hall–Kier alpha value is -1.65. The van der Waals surface area contributed by atoms with E-state index in [1.54, 1.807) is 0 Å². The molecular formula is C10H14N4O. The molecule has 0 bridgehead atoms. The molecule has 1 aliphatic carbocycles. The molecule has 5 nitrogen and oxygen atoms in total. The Bertz CT molecular complexity index is 404. The van der Waals surface area contributed by atoms with Gasteiger partial charge in [0.2, 0.25) is 5.96 Å². The highest BCUT2D eigenvalue weighted by molar-refractivity contribution is 6.16. The molecule has 0 unspecified atom stereocenters. The van der Waals surface area contributed by atoms with Crippen LogP contribution in [0.25, 0.3) is 0 Å². The number of nitrogens with two attached hydrogens (primary N) is 1. The van der Waals surface area contributed by atoms with Crippen molar-refractivity contribution >= 4 is 18.0 Å². The number of hydrazone groups is 1. The van der Waals surface area contributed by atoms with E-state index in [2.05, 4.69) is 29.4 Å². The molecule has 2 aliphatic rings. The summed E-state index contributed by atoms with van der Waals surface area (Å²) in [6.07, 6.45) is 2.84. The van der Waals surface area contributed by atoms with E-state index in [1.165, 1.54) is 6.21 Å². The molecule has 0 atom stereocenters. The average Bonchev–Trinajstić information content (AvgIpc) is 2.27. The van der Waals surface area contributed by atoms with Gasteiger partial charge in [-0.2, -0.15) is 0 Å². The number of carbonyl (C=O) groups is 1. The minimum absolute atomic E-state index is 0.0224. The van der Waals surface area contributed by atoms with E-state index < -0.39 is 0 Å². The number of nitrogens with zero attached hydrogens (tertiary/aromatic N) is 2. The maximum absolute atomic E-state index is 11.8. The molecule has 0 radical (unpaired) electrons. The van der Waals surface area contributed by atoms with Crippen LogP contribution in [0.5, 0.6) is 0 Å². The number of guanidine groups is 1. The average molecular weight is 206 g/mol. The first-order chi connectivity index (χ1) is 6.98. The zero-order chi connectivity index (χ0) is 11.1. The van der Waals surface area contributed by atoms with Gasteiger partial charge in [0.1, 0.15) is 0 Å². The van der Waals surface area contributed by atoms with E-state index in [1.807, 2.05) is 0 Å². The third kappa shape index (κ3) is 1.91. The number of ketones is 1. The fourth-order valence-electron chi connectivity index (χ4n) is 1.87. The van der Waals surface area contributed by atoms with Crippen LogP contribution in [0.2, 0.25) is 0 Å². The SMILES string of the molecule is CC1(C)CC(=O)C2=C(C1)NN=C(N)N=C2. The summed E-state index contributed by atoms with van der Waals surface area (Å²) in [7, 11) is 0. The molecule has 0 aromatic carbocycles. The lowest BCUT2D eigenvalue weighted by molar-refractivity contribution is -0.117. The fraction of sp³-hybridized carbons (Fsp3) is 0.500. The molecule has 3 N–H and O–H groups in total. The summed E-state index contributed by atoms with van der Waals surface area (Å²) in [6.45, 7) is 4.12. The van der Waals surface area contributed by atoms with E-state index in [4.69, 9.17) is 5.73 Å². The monoisotopic (exact) mass is 206 g/mol. The van der Waals surface area contributed by atoms with Crippen molar-refractivity contribution in [3.8, 4) is 0 Å². The minimum atomic E-state index is -0.0224. The maximum atomic E-state index is 11.8. The first kappa shape index (κ1) is 9.89. The highest BCUT2D eigenvalue weighted by atomic mass is 16.1. The van der Waals surface area contributed by atoms with Gasteiger partial charge in [0, 0.05) is 18.3 Å². The summed E-state index contributed by atoms with van der Waals surface area (Å²) in [5.41, 5.74) is 9.68. The summed E-state index contributed by atoms with van der Waals surface area (Å²) in [6, 6.07) is 0. The van der Waals surface area contributed by atoms with Gasteiger partial charge in [0.15, 0.2) is 5.78 Å². The normalized spacial score (nSPS) is 24.1. The molecule has 0 amide bonds. The van der Waals surface area contributed by atoms with Gasteiger partial charge in [0.25, 0.3) is 0 Å². The predicted octanol–water partition coefficient (Wildman–Crippen LogP) is 0.533. The van der Waals surface area contributed by atoms with Gasteiger partial charge < -0.3 is 5.73 Å². The zero-order valence-corrected chi connectivity index (χ0v) is 8.87. The fourth-order valence-corrected chi connectivity index (χ4v) is 1.87. The molecule has 2 rings (SSSR count). The smallest absolute Gasteiger partial charge is 0.237 e. The number of hydrogen-bond acceptors (Lipinski definition) is 5. The van der Waals surface area contributed by atoms with Crippen molar-refractivity contribution in [1.29, 1.82) is 0 Å². The number of aliphatic imine (C=N–C) groups is 1. The molecular weight excluding hydrogens is 192 g/mol.